The van der Waals surface area contributed by atoms with Gasteiger partial charge < -0.3 is 50.5 Å². The van der Waals surface area contributed by atoms with E-state index in [4.69, 9.17) is 9.47 Å². The Kier molecular flexibility index (Phi) is 56.4. The minimum absolute atomic E-state index is 0.268. The molecule has 0 bridgehead atoms. The predicted octanol–water partition coefficient (Wildman–Crippen LogP) is 16.9. The number of hydrogen-bond donors (Lipinski definition) is 8. The largest absolute Gasteiger partial charge is 0.394 e. The van der Waals surface area contributed by atoms with Gasteiger partial charge in [0.1, 0.15) is 36.6 Å². The molecular weight excluding hydrogens is 1000 g/mol. The summed E-state index contributed by atoms with van der Waals surface area (Å²) in [5.74, 6) is -0.686. The Bertz CT molecular complexity index is 1260. The predicted molar refractivity (Wildman–Crippen MR) is 335 cm³/mol. The fourth-order valence-electron chi connectivity index (χ4n) is 12.0. The quantitative estimate of drug-likeness (QED) is 0.0272. The highest BCUT2D eigenvalue weighted by Gasteiger charge is 2.44. The maximum Gasteiger partial charge on any atom is 0.249 e. The van der Waals surface area contributed by atoms with Crippen molar-refractivity contribution in [2.24, 2.45) is 0 Å². The minimum atomic E-state index is -1.66. The number of carbonyl (C=O) groups is 1. The Hall–Kier alpha value is -0.890. The lowest BCUT2D eigenvalue weighted by molar-refractivity contribution is -0.303. The lowest BCUT2D eigenvalue weighted by Crippen LogP contribution is -2.60. The molecule has 1 aliphatic heterocycles. The third-order valence-electron chi connectivity index (χ3n) is 17.7. The molecule has 80 heavy (non-hydrogen) atoms. The molecule has 0 aromatic rings. The molecule has 1 aliphatic rings. The van der Waals surface area contributed by atoms with E-state index in [1.165, 1.54) is 289 Å². The number of hydrogen-bond acceptors (Lipinski definition) is 10. The minimum Gasteiger partial charge on any atom is -0.394 e. The molecule has 0 aromatic heterocycles. The first-order valence-corrected chi connectivity index (χ1v) is 35.4. The first kappa shape index (κ1) is 77.1. The molecule has 8 N–H and O–H groups in total. The van der Waals surface area contributed by atoms with Crippen LogP contribution >= 0.6 is 0 Å². The van der Waals surface area contributed by atoms with Gasteiger partial charge in [0.05, 0.1) is 25.4 Å². The highest BCUT2D eigenvalue weighted by molar-refractivity contribution is 5.80. The molecule has 0 spiro atoms. The zero-order valence-electron chi connectivity index (χ0n) is 52.9. The lowest BCUT2D eigenvalue weighted by atomic mass is 9.98. The zero-order chi connectivity index (χ0) is 58.2. The van der Waals surface area contributed by atoms with Crippen LogP contribution in [0.15, 0.2) is 0 Å². The number of nitrogens with one attached hydrogen (secondary N) is 1. The van der Waals surface area contributed by atoms with Crippen molar-refractivity contribution in [2.75, 3.05) is 13.2 Å². The second kappa shape index (κ2) is 58.5. The van der Waals surface area contributed by atoms with E-state index in [1.54, 1.807) is 0 Å². The smallest absolute Gasteiger partial charge is 0.249 e. The molecule has 0 saturated carbocycles. The van der Waals surface area contributed by atoms with Crippen molar-refractivity contribution in [3.05, 3.63) is 0 Å². The van der Waals surface area contributed by atoms with E-state index in [0.717, 1.165) is 38.5 Å². The van der Waals surface area contributed by atoms with Crippen LogP contribution in [-0.4, -0.2) is 110 Å². The molecule has 9 atom stereocenters. The number of ether oxygens (including phenoxy) is 2. The van der Waals surface area contributed by atoms with Crippen molar-refractivity contribution >= 4 is 5.91 Å². The van der Waals surface area contributed by atoms with E-state index in [9.17, 15) is 40.5 Å². The summed E-state index contributed by atoms with van der Waals surface area (Å²) in [6, 6.07) is -1.16. The van der Waals surface area contributed by atoms with Gasteiger partial charge in [-0.15, -0.1) is 0 Å². The monoisotopic (exact) mass is 1140 g/mol. The molecule has 1 saturated heterocycles. The number of unbranched alkanes of at least 4 members (excludes halogenated alkanes) is 51. The summed E-state index contributed by atoms with van der Waals surface area (Å²) in [5.41, 5.74) is 0. The first-order chi connectivity index (χ1) is 39.2. The van der Waals surface area contributed by atoms with Crippen molar-refractivity contribution in [1.82, 2.24) is 5.32 Å². The van der Waals surface area contributed by atoms with Gasteiger partial charge in [-0.05, 0) is 12.8 Å². The molecule has 1 amide bonds. The Morgan fingerprint density at radius 2 is 0.650 bits per heavy atom. The van der Waals surface area contributed by atoms with E-state index < -0.39 is 74.2 Å². The molecule has 1 heterocycles. The van der Waals surface area contributed by atoms with E-state index in [0.29, 0.717) is 19.3 Å². The lowest BCUT2D eigenvalue weighted by Gasteiger charge is -2.40. The van der Waals surface area contributed by atoms with Crippen LogP contribution in [0, 0.1) is 0 Å². The summed E-state index contributed by atoms with van der Waals surface area (Å²) in [5, 5.41) is 76.5. The Morgan fingerprint density at radius 1 is 0.388 bits per heavy atom. The molecular formula is C69H137NO10. The second-order valence-corrected chi connectivity index (χ2v) is 25.3. The molecule has 0 radical (unpaired) electrons. The highest BCUT2D eigenvalue weighted by Crippen LogP contribution is 2.24. The van der Waals surface area contributed by atoms with Crippen LogP contribution in [0.3, 0.4) is 0 Å². The van der Waals surface area contributed by atoms with Crippen molar-refractivity contribution < 1.29 is 50.0 Å². The Morgan fingerprint density at radius 3 is 0.925 bits per heavy atom. The number of rotatable bonds is 63. The van der Waals surface area contributed by atoms with E-state index in [2.05, 4.69) is 19.2 Å². The standard InChI is InChI=1S/C69H137NO10/c1-3-5-7-9-11-13-15-17-19-21-23-25-27-28-29-30-31-32-33-35-37-39-41-43-45-47-49-51-53-55-57-62(73)68(78)70-60(59-79-69-67(77)66(76)65(75)63(58-71)80-69)64(74)61(72)56-54-52-50-48-46-44-42-40-38-36-34-26-24-22-20-18-16-14-12-10-8-6-4-2/h60-67,69,71-77H,3-59H2,1-2H3,(H,70,78). The van der Waals surface area contributed by atoms with Crippen molar-refractivity contribution in [2.45, 2.75) is 422 Å². The number of aliphatic hydroxyl groups excluding tert-OH is 7. The zero-order valence-corrected chi connectivity index (χ0v) is 52.9. The summed E-state index contributed by atoms with van der Waals surface area (Å²) in [4.78, 5) is 13.3. The molecule has 1 rings (SSSR count). The van der Waals surface area contributed by atoms with Gasteiger partial charge in [-0.3, -0.25) is 4.79 Å². The third kappa shape index (κ3) is 45.5. The van der Waals surface area contributed by atoms with Gasteiger partial charge in [0.15, 0.2) is 6.29 Å². The second-order valence-electron chi connectivity index (χ2n) is 25.3. The molecule has 0 aromatic carbocycles. The van der Waals surface area contributed by atoms with E-state index in [-0.39, 0.29) is 6.42 Å². The Balaban J connectivity index is 2.17. The SMILES string of the molecule is CCCCCCCCCCCCCCCCCCCCCCCCCCCCCCCCC(O)C(=O)NC(COC1OC(CO)C(O)C(O)C1O)C(O)C(O)CCCCCCCCCCCCCCCCCCCCCCCCC. The van der Waals surface area contributed by atoms with Crippen LogP contribution in [0.2, 0.25) is 0 Å². The van der Waals surface area contributed by atoms with E-state index >= 15 is 0 Å². The van der Waals surface area contributed by atoms with Crippen LogP contribution in [0.1, 0.15) is 367 Å². The van der Waals surface area contributed by atoms with Gasteiger partial charge >= 0.3 is 0 Å². The third-order valence-corrected chi connectivity index (χ3v) is 17.7. The fourth-order valence-corrected chi connectivity index (χ4v) is 12.0. The van der Waals surface area contributed by atoms with Crippen molar-refractivity contribution in [3.8, 4) is 0 Å². The molecule has 0 aliphatic carbocycles. The van der Waals surface area contributed by atoms with Crippen molar-refractivity contribution in [3.63, 3.8) is 0 Å². The number of carbonyl (C=O) groups excluding carboxylic acids is 1. The molecule has 11 heteroatoms. The maximum atomic E-state index is 13.3. The highest BCUT2D eigenvalue weighted by atomic mass is 16.7. The van der Waals surface area contributed by atoms with Gasteiger partial charge in [-0.25, -0.2) is 0 Å². The van der Waals surface area contributed by atoms with Gasteiger partial charge in [0.25, 0.3) is 0 Å². The normalized spacial score (nSPS) is 19.1. The number of amides is 1. The summed E-state index contributed by atoms with van der Waals surface area (Å²) in [7, 11) is 0. The summed E-state index contributed by atoms with van der Waals surface area (Å²) in [6.45, 7) is 3.53. The van der Waals surface area contributed by atoms with Crippen LogP contribution in [0.25, 0.3) is 0 Å². The summed E-state index contributed by atoms with van der Waals surface area (Å²) >= 11 is 0. The Labute approximate surface area is 494 Å². The topological polar surface area (TPSA) is 189 Å². The molecule has 478 valence electrons. The van der Waals surface area contributed by atoms with Gasteiger partial charge in [0, 0.05) is 0 Å². The fraction of sp³-hybridized carbons (Fsp3) is 0.986. The van der Waals surface area contributed by atoms with Crippen LogP contribution in [-0.2, 0) is 14.3 Å². The molecule has 11 nitrogen and oxygen atoms in total. The number of aliphatic hydroxyl groups is 7. The van der Waals surface area contributed by atoms with Gasteiger partial charge in [0.2, 0.25) is 5.91 Å². The van der Waals surface area contributed by atoms with E-state index in [1.807, 2.05) is 0 Å². The van der Waals surface area contributed by atoms with Crippen LogP contribution in [0.4, 0.5) is 0 Å². The van der Waals surface area contributed by atoms with Gasteiger partial charge in [-0.2, -0.15) is 0 Å². The first-order valence-electron chi connectivity index (χ1n) is 35.4. The average molecular weight is 1140 g/mol. The maximum absolute atomic E-state index is 13.3. The van der Waals surface area contributed by atoms with Crippen molar-refractivity contribution in [1.29, 1.82) is 0 Å². The van der Waals surface area contributed by atoms with Crippen LogP contribution < -0.4 is 5.32 Å². The molecule has 9 unspecified atom stereocenters. The summed E-state index contributed by atoms with van der Waals surface area (Å²) < 4.78 is 11.2. The van der Waals surface area contributed by atoms with Gasteiger partial charge in [-0.1, -0.05) is 354 Å². The average Bonchev–Trinajstić information content (AvgIpc) is 3.47. The summed E-state index contributed by atoms with van der Waals surface area (Å²) in [6.07, 6.45) is 59.0. The van der Waals surface area contributed by atoms with Crippen LogP contribution in [0.5, 0.6) is 0 Å². The molecule has 1 fully saturated rings.